The summed E-state index contributed by atoms with van der Waals surface area (Å²) in [4.78, 5) is 8.97. The van der Waals surface area contributed by atoms with Gasteiger partial charge in [-0.2, -0.15) is 0 Å². The zero-order chi connectivity index (χ0) is 13.5. The average Bonchev–Trinajstić information content (AvgIpc) is 2.40. The van der Waals surface area contributed by atoms with E-state index in [9.17, 15) is 0 Å². The molecule has 0 spiro atoms. The number of nitrogens with one attached hydrogen (secondary N) is 1. The lowest BCUT2D eigenvalue weighted by atomic mass is 10.1. The fourth-order valence-electron chi connectivity index (χ4n) is 1.70. The monoisotopic (exact) mass is 251 g/mol. The van der Waals surface area contributed by atoms with E-state index >= 15 is 0 Å². The molecule has 2 rings (SSSR count). The first-order valence-electron chi connectivity index (χ1n) is 6.22. The van der Waals surface area contributed by atoms with E-state index in [0.29, 0.717) is 0 Å². The van der Waals surface area contributed by atoms with Gasteiger partial charge < -0.3 is 5.32 Å². The van der Waals surface area contributed by atoms with Crippen molar-refractivity contribution in [3.05, 3.63) is 72.7 Å². The van der Waals surface area contributed by atoms with Crippen molar-refractivity contribution in [2.75, 3.05) is 5.32 Å². The van der Waals surface area contributed by atoms with Gasteiger partial charge in [0.15, 0.2) is 0 Å². The molecule has 0 aliphatic heterocycles. The van der Waals surface area contributed by atoms with Crippen LogP contribution in [0.1, 0.15) is 12.1 Å². The summed E-state index contributed by atoms with van der Waals surface area (Å²) in [5, 5.41) is 3.20. The zero-order valence-electron chi connectivity index (χ0n) is 11.0. The van der Waals surface area contributed by atoms with Crippen LogP contribution >= 0.6 is 0 Å². The number of allylic oxidation sites excluding steroid dienone is 6. The van der Waals surface area contributed by atoms with Gasteiger partial charge in [0.25, 0.3) is 0 Å². The molecule has 0 saturated heterocycles. The normalized spacial score (nSPS) is 16.7. The zero-order valence-corrected chi connectivity index (χ0v) is 11.0. The average molecular weight is 251 g/mol. The van der Waals surface area contributed by atoms with Crippen molar-refractivity contribution < 1.29 is 0 Å². The van der Waals surface area contributed by atoms with Gasteiger partial charge in [0, 0.05) is 17.8 Å². The van der Waals surface area contributed by atoms with E-state index in [4.69, 9.17) is 0 Å². The summed E-state index contributed by atoms with van der Waals surface area (Å²) in [5.41, 5.74) is 1.98. The Labute approximate surface area is 113 Å². The molecule has 1 heterocycles. The lowest BCUT2D eigenvalue weighted by molar-refractivity contribution is 1.16. The number of aryl methyl sites for hydroxylation is 1. The Hall–Kier alpha value is -2.42. The lowest BCUT2D eigenvalue weighted by Gasteiger charge is -2.08. The molecule has 0 unspecified atom stereocenters. The number of pyridine rings is 1. The summed E-state index contributed by atoms with van der Waals surface area (Å²) in [6, 6.07) is 5.84. The van der Waals surface area contributed by atoms with Gasteiger partial charge >= 0.3 is 0 Å². The number of aliphatic imine (C=N–C) groups is 1. The van der Waals surface area contributed by atoms with Crippen LogP contribution in [0.25, 0.3) is 0 Å². The maximum Gasteiger partial charge on any atom is 0.131 e. The van der Waals surface area contributed by atoms with Crippen LogP contribution in [-0.2, 0) is 0 Å². The Kier molecular flexibility index (Phi) is 4.45. The largest absolute Gasteiger partial charge is 0.325 e. The molecule has 0 radical (unpaired) electrons. The third-order valence-corrected chi connectivity index (χ3v) is 2.55. The molecule has 0 saturated carbocycles. The molecular formula is C16H17N3. The van der Waals surface area contributed by atoms with Gasteiger partial charge in [-0.25, -0.2) is 9.98 Å². The summed E-state index contributed by atoms with van der Waals surface area (Å²) in [6.45, 7) is 5.68. The van der Waals surface area contributed by atoms with Crippen LogP contribution < -0.4 is 5.32 Å². The molecule has 1 aromatic heterocycles. The lowest BCUT2D eigenvalue weighted by Crippen LogP contribution is -2.03. The molecule has 1 aliphatic rings. The summed E-state index contributed by atoms with van der Waals surface area (Å²) >= 11 is 0. The van der Waals surface area contributed by atoms with Crippen LogP contribution in [0.15, 0.2) is 72.0 Å². The number of hydrogen-bond donors (Lipinski definition) is 1. The first kappa shape index (κ1) is 13.0. The van der Waals surface area contributed by atoms with Crippen molar-refractivity contribution in [1.82, 2.24) is 4.98 Å². The number of rotatable bonds is 4. The smallest absolute Gasteiger partial charge is 0.131 e. The quantitative estimate of drug-likeness (QED) is 0.827. The van der Waals surface area contributed by atoms with E-state index in [1.54, 1.807) is 6.08 Å². The standard InChI is InChI=1S/C16H17N3/c1-3-8-15(18-14-10-5-4-6-11-14)19-16-12-7-9-13(2)17-16/h3-10,12H,1,11H2,2H3,(H,17,19)/b15-8+,18-14-. The molecule has 0 fully saturated rings. The predicted octanol–water partition coefficient (Wildman–Crippen LogP) is 3.79. The first-order valence-corrected chi connectivity index (χ1v) is 6.22. The summed E-state index contributed by atoms with van der Waals surface area (Å²) in [7, 11) is 0. The first-order chi connectivity index (χ1) is 9.28. The minimum atomic E-state index is 0.739. The molecule has 1 N–H and O–H groups in total. The van der Waals surface area contributed by atoms with Gasteiger partial charge in [0.2, 0.25) is 0 Å². The molecule has 3 nitrogen and oxygen atoms in total. The number of aromatic nitrogens is 1. The van der Waals surface area contributed by atoms with Gasteiger partial charge in [-0.15, -0.1) is 0 Å². The molecule has 96 valence electrons. The minimum absolute atomic E-state index is 0.739. The minimum Gasteiger partial charge on any atom is -0.325 e. The second kappa shape index (κ2) is 6.50. The van der Waals surface area contributed by atoms with E-state index < -0.39 is 0 Å². The second-order valence-corrected chi connectivity index (χ2v) is 4.17. The van der Waals surface area contributed by atoms with Crippen LogP contribution in [0.2, 0.25) is 0 Å². The van der Waals surface area contributed by atoms with Crippen molar-refractivity contribution in [2.24, 2.45) is 4.99 Å². The van der Waals surface area contributed by atoms with Crippen LogP contribution in [0, 0.1) is 6.92 Å². The van der Waals surface area contributed by atoms with Crippen LogP contribution in [0.5, 0.6) is 0 Å². The topological polar surface area (TPSA) is 37.3 Å². The van der Waals surface area contributed by atoms with Crippen molar-refractivity contribution in [2.45, 2.75) is 13.3 Å². The van der Waals surface area contributed by atoms with E-state index in [1.807, 2.05) is 49.4 Å². The third kappa shape index (κ3) is 4.07. The molecule has 1 aromatic rings. The Morgan fingerprint density at radius 2 is 2.32 bits per heavy atom. The van der Waals surface area contributed by atoms with Gasteiger partial charge in [0.1, 0.15) is 11.6 Å². The van der Waals surface area contributed by atoms with Crippen molar-refractivity contribution in [3.8, 4) is 0 Å². The van der Waals surface area contributed by atoms with E-state index in [1.165, 1.54) is 0 Å². The SMILES string of the molecule is C=C/C=C(\N=C1\C=CC=CC1)Nc1cccc(C)n1. The molecule has 0 amide bonds. The third-order valence-electron chi connectivity index (χ3n) is 2.55. The van der Waals surface area contributed by atoms with Gasteiger partial charge in [0.05, 0.1) is 0 Å². The van der Waals surface area contributed by atoms with Gasteiger partial charge in [-0.1, -0.05) is 36.9 Å². The highest BCUT2D eigenvalue weighted by molar-refractivity contribution is 5.98. The van der Waals surface area contributed by atoms with Crippen molar-refractivity contribution in [1.29, 1.82) is 0 Å². The summed E-state index contributed by atoms with van der Waals surface area (Å²) in [5.74, 6) is 1.52. The highest BCUT2D eigenvalue weighted by atomic mass is 15.1. The molecule has 0 aromatic carbocycles. The van der Waals surface area contributed by atoms with Gasteiger partial charge in [-0.05, 0) is 31.2 Å². The van der Waals surface area contributed by atoms with Crippen molar-refractivity contribution in [3.63, 3.8) is 0 Å². The Balaban J connectivity index is 2.17. The van der Waals surface area contributed by atoms with Gasteiger partial charge in [-0.3, -0.25) is 0 Å². The van der Waals surface area contributed by atoms with E-state index in [2.05, 4.69) is 27.9 Å². The van der Waals surface area contributed by atoms with Crippen LogP contribution in [0.3, 0.4) is 0 Å². The molecule has 0 atom stereocenters. The van der Waals surface area contributed by atoms with Crippen LogP contribution in [0.4, 0.5) is 5.82 Å². The van der Waals surface area contributed by atoms with Crippen LogP contribution in [-0.4, -0.2) is 10.7 Å². The van der Waals surface area contributed by atoms with E-state index in [-0.39, 0.29) is 0 Å². The number of nitrogens with zero attached hydrogens (tertiary/aromatic N) is 2. The number of anilines is 1. The Bertz CT molecular complexity index is 577. The Morgan fingerprint density at radius 3 is 3.00 bits per heavy atom. The highest BCUT2D eigenvalue weighted by Gasteiger charge is 2.00. The van der Waals surface area contributed by atoms with E-state index in [0.717, 1.165) is 29.5 Å². The highest BCUT2D eigenvalue weighted by Crippen LogP contribution is 2.10. The number of hydrogen-bond acceptors (Lipinski definition) is 3. The maximum atomic E-state index is 4.57. The fraction of sp³-hybridized carbons (Fsp3) is 0.125. The van der Waals surface area contributed by atoms with Crippen molar-refractivity contribution >= 4 is 11.5 Å². The maximum absolute atomic E-state index is 4.57. The summed E-state index contributed by atoms with van der Waals surface area (Å²) in [6.07, 6.45) is 12.5. The molecule has 0 bridgehead atoms. The summed E-state index contributed by atoms with van der Waals surface area (Å²) < 4.78 is 0. The second-order valence-electron chi connectivity index (χ2n) is 4.17. The fourth-order valence-corrected chi connectivity index (χ4v) is 1.70. The molecule has 1 aliphatic carbocycles. The Morgan fingerprint density at radius 1 is 1.42 bits per heavy atom. The molecule has 3 heteroatoms. The molecule has 19 heavy (non-hydrogen) atoms. The predicted molar refractivity (Wildman–Crippen MR) is 81.2 cm³/mol. The molecular weight excluding hydrogens is 234 g/mol.